The van der Waals surface area contributed by atoms with Gasteiger partial charge in [0, 0.05) is 24.5 Å². The summed E-state index contributed by atoms with van der Waals surface area (Å²) in [5, 5.41) is 3.05. The minimum atomic E-state index is -0.899. The average molecular weight is 279 g/mol. The van der Waals surface area contributed by atoms with Gasteiger partial charge in [-0.25, -0.2) is 18.6 Å². The van der Waals surface area contributed by atoms with E-state index in [1.54, 1.807) is 12.3 Å². The topological polar surface area (TPSA) is 46.9 Å². The lowest BCUT2D eigenvalue weighted by Crippen LogP contribution is -2.31. The maximum atomic E-state index is 13.9. The molecule has 6 heteroatoms. The van der Waals surface area contributed by atoms with E-state index >= 15 is 0 Å². The van der Waals surface area contributed by atoms with Crippen molar-refractivity contribution in [2.75, 3.05) is 6.54 Å². The van der Waals surface area contributed by atoms with E-state index < -0.39 is 23.4 Å². The Morgan fingerprint density at radius 3 is 2.85 bits per heavy atom. The number of hydrogen-bond acceptors (Lipinski definition) is 3. The molecule has 1 unspecified atom stereocenters. The second kappa shape index (κ2) is 6.38. The molecule has 1 aromatic heterocycles. The molecular formula is C14H15F2N3O. The van der Waals surface area contributed by atoms with Gasteiger partial charge in [0.25, 0.3) is 0 Å². The molecule has 106 valence electrons. The monoisotopic (exact) mass is 279 g/mol. The molecule has 1 N–H and O–H groups in total. The molecule has 20 heavy (non-hydrogen) atoms. The summed E-state index contributed by atoms with van der Waals surface area (Å²) in [6, 6.07) is 5.14. The molecule has 0 fully saturated rings. The second-order valence-corrected chi connectivity index (χ2v) is 4.31. The fraction of sp³-hybridized carbons (Fsp3) is 0.286. The van der Waals surface area contributed by atoms with Gasteiger partial charge in [0.1, 0.15) is 0 Å². The molecule has 0 aliphatic rings. The van der Waals surface area contributed by atoms with Gasteiger partial charge in [-0.3, -0.25) is 4.57 Å². The van der Waals surface area contributed by atoms with Crippen molar-refractivity contribution < 1.29 is 8.78 Å². The molecular weight excluding hydrogens is 264 g/mol. The second-order valence-electron chi connectivity index (χ2n) is 4.31. The van der Waals surface area contributed by atoms with Crippen molar-refractivity contribution in [3.8, 4) is 0 Å². The Hall–Kier alpha value is -2.08. The first-order valence-corrected chi connectivity index (χ1v) is 6.32. The molecule has 4 nitrogen and oxygen atoms in total. The summed E-state index contributed by atoms with van der Waals surface area (Å²) < 4.78 is 28.5. The van der Waals surface area contributed by atoms with Crippen LogP contribution in [0.4, 0.5) is 8.78 Å². The SMILES string of the molecule is CCNC(Cn1cccnc1=O)c1cccc(F)c1F. The Bertz CT molecular complexity index is 642. The van der Waals surface area contributed by atoms with E-state index in [0.717, 1.165) is 6.07 Å². The fourth-order valence-corrected chi connectivity index (χ4v) is 2.03. The summed E-state index contributed by atoms with van der Waals surface area (Å²) in [5.74, 6) is -1.79. The van der Waals surface area contributed by atoms with Gasteiger partial charge in [-0.1, -0.05) is 19.1 Å². The first-order chi connectivity index (χ1) is 9.63. The molecule has 0 saturated carbocycles. The number of likely N-dealkylation sites (N-methyl/N-ethyl adjacent to an activating group) is 1. The standard InChI is InChI=1S/C14H15F2N3O/c1-2-17-12(9-19-8-4-7-18-14(19)20)10-5-3-6-11(15)13(10)16/h3-8,12,17H,2,9H2,1H3. The molecule has 0 radical (unpaired) electrons. The van der Waals surface area contributed by atoms with Gasteiger partial charge >= 0.3 is 5.69 Å². The normalized spacial score (nSPS) is 12.3. The molecule has 1 atom stereocenters. The van der Waals surface area contributed by atoms with Gasteiger partial charge in [0.15, 0.2) is 11.6 Å². The minimum Gasteiger partial charge on any atom is -0.309 e. The third-order valence-corrected chi connectivity index (χ3v) is 2.97. The lowest BCUT2D eigenvalue weighted by Gasteiger charge is -2.20. The lowest BCUT2D eigenvalue weighted by atomic mass is 10.1. The quantitative estimate of drug-likeness (QED) is 0.909. The molecule has 0 aliphatic heterocycles. The van der Waals surface area contributed by atoms with Crippen LogP contribution >= 0.6 is 0 Å². The van der Waals surface area contributed by atoms with Gasteiger partial charge in [0.2, 0.25) is 0 Å². The van der Waals surface area contributed by atoms with Crippen LogP contribution in [0.5, 0.6) is 0 Å². The predicted octanol–water partition coefficient (Wildman–Crippen LogP) is 1.87. The number of halogens is 2. The highest BCUT2D eigenvalue weighted by Gasteiger charge is 2.18. The van der Waals surface area contributed by atoms with E-state index in [-0.39, 0.29) is 12.1 Å². The van der Waals surface area contributed by atoms with Crippen LogP contribution in [0.25, 0.3) is 0 Å². The third-order valence-electron chi connectivity index (χ3n) is 2.97. The molecule has 1 heterocycles. The molecule has 1 aromatic carbocycles. The molecule has 0 amide bonds. The number of nitrogens with one attached hydrogen (secondary N) is 1. The fourth-order valence-electron chi connectivity index (χ4n) is 2.03. The van der Waals surface area contributed by atoms with Crippen LogP contribution in [0.15, 0.2) is 41.5 Å². The number of nitrogens with zero attached hydrogens (tertiary/aromatic N) is 2. The zero-order valence-electron chi connectivity index (χ0n) is 11.0. The van der Waals surface area contributed by atoms with Crippen LogP contribution in [-0.2, 0) is 6.54 Å². The summed E-state index contributed by atoms with van der Waals surface area (Å²) in [5.41, 5.74) is -0.227. The molecule has 0 spiro atoms. The van der Waals surface area contributed by atoms with E-state index in [2.05, 4.69) is 10.3 Å². The van der Waals surface area contributed by atoms with Crippen molar-refractivity contribution in [2.24, 2.45) is 0 Å². The van der Waals surface area contributed by atoms with Crippen LogP contribution in [0.1, 0.15) is 18.5 Å². The van der Waals surface area contributed by atoms with E-state index in [9.17, 15) is 13.6 Å². The third kappa shape index (κ3) is 3.08. The summed E-state index contributed by atoms with van der Waals surface area (Å²) in [4.78, 5) is 15.2. The first-order valence-electron chi connectivity index (χ1n) is 6.32. The number of rotatable bonds is 5. The van der Waals surface area contributed by atoms with Crippen LogP contribution in [0.3, 0.4) is 0 Å². The first kappa shape index (κ1) is 14.3. The van der Waals surface area contributed by atoms with Gasteiger partial charge in [-0.15, -0.1) is 0 Å². The highest BCUT2D eigenvalue weighted by molar-refractivity contribution is 5.22. The number of aromatic nitrogens is 2. The molecule has 0 bridgehead atoms. The molecule has 0 saturated heterocycles. The van der Waals surface area contributed by atoms with Gasteiger partial charge in [-0.05, 0) is 18.7 Å². The van der Waals surface area contributed by atoms with Crippen molar-refractivity contribution >= 4 is 0 Å². The van der Waals surface area contributed by atoms with E-state index in [1.165, 1.54) is 22.9 Å². The molecule has 0 aliphatic carbocycles. The Morgan fingerprint density at radius 2 is 2.15 bits per heavy atom. The van der Waals surface area contributed by atoms with Gasteiger partial charge in [-0.2, -0.15) is 0 Å². The Morgan fingerprint density at radius 1 is 1.35 bits per heavy atom. The molecule has 2 rings (SSSR count). The predicted molar refractivity (Wildman–Crippen MR) is 71.3 cm³/mol. The maximum Gasteiger partial charge on any atom is 0.347 e. The van der Waals surface area contributed by atoms with E-state index in [1.807, 2.05) is 6.92 Å². The van der Waals surface area contributed by atoms with Crippen LogP contribution in [-0.4, -0.2) is 16.1 Å². The van der Waals surface area contributed by atoms with Gasteiger partial charge in [0.05, 0.1) is 6.04 Å². The minimum absolute atomic E-state index is 0.181. The highest BCUT2D eigenvalue weighted by atomic mass is 19.2. The largest absolute Gasteiger partial charge is 0.347 e. The number of benzene rings is 1. The highest BCUT2D eigenvalue weighted by Crippen LogP contribution is 2.20. The van der Waals surface area contributed by atoms with Crippen LogP contribution in [0.2, 0.25) is 0 Å². The Labute approximate surface area is 115 Å². The average Bonchev–Trinajstić information content (AvgIpc) is 2.44. The van der Waals surface area contributed by atoms with Crippen molar-refractivity contribution in [3.05, 3.63) is 64.3 Å². The van der Waals surface area contributed by atoms with Crippen molar-refractivity contribution in [1.82, 2.24) is 14.9 Å². The lowest BCUT2D eigenvalue weighted by molar-refractivity contribution is 0.426. The Kier molecular flexibility index (Phi) is 4.57. The molecule has 2 aromatic rings. The van der Waals surface area contributed by atoms with Crippen LogP contribution < -0.4 is 11.0 Å². The van der Waals surface area contributed by atoms with E-state index in [4.69, 9.17) is 0 Å². The Balaban J connectivity index is 2.34. The van der Waals surface area contributed by atoms with Crippen molar-refractivity contribution in [3.63, 3.8) is 0 Å². The van der Waals surface area contributed by atoms with Crippen molar-refractivity contribution in [1.29, 1.82) is 0 Å². The maximum absolute atomic E-state index is 13.9. The zero-order chi connectivity index (χ0) is 14.5. The zero-order valence-corrected chi connectivity index (χ0v) is 11.0. The van der Waals surface area contributed by atoms with Crippen molar-refractivity contribution in [2.45, 2.75) is 19.5 Å². The van der Waals surface area contributed by atoms with Crippen LogP contribution in [0, 0.1) is 11.6 Å². The summed E-state index contributed by atoms with van der Waals surface area (Å²) in [6.45, 7) is 2.60. The van der Waals surface area contributed by atoms with E-state index in [0.29, 0.717) is 6.54 Å². The summed E-state index contributed by atoms with van der Waals surface area (Å²) in [7, 11) is 0. The summed E-state index contributed by atoms with van der Waals surface area (Å²) >= 11 is 0. The number of hydrogen-bond donors (Lipinski definition) is 1. The summed E-state index contributed by atoms with van der Waals surface area (Å²) in [6.07, 6.45) is 2.96. The smallest absolute Gasteiger partial charge is 0.309 e. The van der Waals surface area contributed by atoms with Gasteiger partial charge < -0.3 is 5.32 Å².